The van der Waals surface area contributed by atoms with Gasteiger partial charge in [-0.1, -0.05) is 20.3 Å². The number of hydrogen-bond donors (Lipinski definition) is 1. The molecule has 1 heterocycles. The lowest BCUT2D eigenvalue weighted by molar-refractivity contribution is 0.473. The minimum Gasteiger partial charge on any atom is -0.311 e. The van der Waals surface area contributed by atoms with E-state index in [1.807, 2.05) is 19.2 Å². The third-order valence-electron chi connectivity index (χ3n) is 2.41. The molecule has 0 aliphatic rings. The van der Waals surface area contributed by atoms with Crippen molar-refractivity contribution < 1.29 is 0 Å². The number of nitrogens with zero attached hydrogens (tertiary/aromatic N) is 2. The molecular weight excluding hydrogens is 186 g/mol. The maximum atomic E-state index is 4.34. The minimum absolute atomic E-state index is 0.748. The quantitative estimate of drug-likeness (QED) is 0.778. The van der Waals surface area contributed by atoms with Gasteiger partial charge in [0.2, 0.25) is 0 Å². The summed E-state index contributed by atoms with van der Waals surface area (Å²) in [5.41, 5.74) is 1.08. The smallest absolute Gasteiger partial charge is 0.125 e. The largest absolute Gasteiger partial charge is 0.311 e. The highest BCUT2D eigenvalue weighted by molar-refractivity contribution is 5.00. The van der Waals surface area contributed by atoms with E-state index in [1.165, 1.54) is 12.8 Å². The van der Waals surface area contributed by atoms with Crippen molar-refractivity contribution in [1.29, 1.82) is 0 Å². The van der Waals surface area contributed by atoms with Crippen molar-refractivity contribution in [2.24, 2.45) is 5.92 Å². The molecule has 1 aromatic rings. The zero-order valence-electron chi connectivity index (χ0n) is 9.95. The molecule has 0 amide bonds. The standard InChI is InChI=1S/C12H21N3/c1-4-5-10(2)8-13-9-12-6-7-14-11(3)15-12/h6-7,10,13H,4-5,8-9H2,1-3H3. The fourth-order valence-electron chi connectivity index (χ4n) is 1.65. The minimum atomic E-state index is 0.748. The van der Waals surface area contributed by atoms with Gasteiger partial charge in [0.15, 0.2) is 0 Å². The highest BCUT2D eigenvalue weighted by Crippen LogP contribution is 2.03. The highest BCUT2D eigenvalue weighted by Gasteiger charge is 2.00. The topological polar surface area (TPSA) is 37.8 Å². The van der Waals surface area contributed by atoms with E-state index in [-0.39, 0.29) is 0 Å². The molecule has 0 bridgehead atoms. The van der Waals surface area contributed by atoms with Crippen molar-refractivity contribution >= 4 is 0 Å². The van der Waals surface area contributed by atoms with Gasteiger partial charge in [0.25, 0.3) is 0 Å². The first kappa shape index (κ1) is 12.1. The molecule has 0 aromatic carbocycles. The molecule has 1 N–H and O–H groups in total. The molecule has 84 valence electrons. The van der Waals surface area contributed by atoms with Gasteiger partial charge in [-0.2, -0.15) is 0 Å². The Hall–Kier alpha value is -0.960. The lowest BCUT2D eigenvalue weighted by Crippen LogP contribution is -2.21. The molecule has 3 nitrogen and oxygen atoms in total. The SMILES string of the molecule is CCCC(C)CNCc1ccnc(C)n1. The van der Waals surface area contributed by atoms with Crippen LogP contribution in [0.2, 0.25) is 0 Å². The molecule has 0 aliphatic heterocycles. The van der Waals surface area contributed by atoms with E-state index in [4.69, 9.17) is 0 Å². The average Bonchev–Trinajstić information content (AvgIpc) is 2.18. The Morgan fingerprint density at radius 2 is 2.27 bits per heavy atom. The normalized spacial score (nSPS) is 12.7. The van der Waals surface area contributed by atoms with Gasteiger partial charge in [-0.15, -0.1) is 0 Å². The van der Waals surface area contributed by atoms with Crippen molar-refractivity contribution in [3.05, 3.63) is 23.8 Å². The molecule has 1 atom stereocenters. The van der Waals surface area contributed by atoms with E-state index in [9.17, 15) is 0 Å². The van der Waals surface area contributed by atoms with Crippen LogP contribution in [-0.2, 0) is 6.54 Å². The summed E-state index contributed by atoms with van der Waals surface area (Å²) in [5, 5.41) is 3.42. The molecule has 0 radical (unpaired) electrons. The molecule has 0 aliphatic carbocycles. The third kappa shape index (κ3) is 4.88. The van der Waals surface area contributed by atoms with Crippen LogP contribution in [0, 0.1) is 12.8 Å². The zero-order valence-corrected chi connectivity index (χ0v) is 9.95. The molecule has 1 aromatic heterocycles. The summed E-state index contributed by atoms with van der Waals surface area (Å²) in [6.07, 6.45) is 4.36. The van der Waals surface area contributed by atoms with Gasteiger partial charge in [-0.05, 0) is 31.9 Å². The second-order valence-electron chi connectivity index (χ2n) is 4.12. The second kappa shape index (κ2) is 6.51. The third-order valence-corrected chi connectivity index (χ3v) is 2.41. The van der Waals surface area contributed by atoms with Crippen LogP contribution in [-0.4, -0.2) is 16.5 Å². The molecular formula is C12H21N3. The molecule has 0 saturated carbocycles. The van der Waals surface area contributed by atoms with E-state index in [1.54, 1.807) is 0 Å². The summed E-state index contributed by atoms with van der Waals surface area (Å²) in [7, 11) is 0. The fraction of sp³-hybridized carbons (Fsp3) is 0.667. The predicted molar refractivity (Wildman–Crippen MR) is 62.5 cm³/mol. The first-order valence-corrected chi connectivity index (χ1v) is 5.71. The van der Waals surface area contributed by atoms with Gasteiger partial charge in [0.05, 0.1) is 5.69 Å². The summed E-state index contributed by atoms with van der Waals surface area (Å²) in [6.45, 7) is 8.34. The summed E-state index contributed by atoms with van der Waals surface area (Å²) >= 11 is 0. The second-order valence-corrected chi connectivity index (χ2v) is 4.12. The lowest BCUT2D eigenvalue weighted by Gasteiger charge is -2.10. The summed E-state index contributed by atoms with van der Waals surface area (Å²) < 4.78 is 0. The van der Waals surface area contributed by atoms with Crippen molar-refractivity contribution in [3.63, 3.8) is 0 Å². The van der Waals surface area contributed by atoms with Crippen LogP contribution < -0.4 is 5.32 Å². The maximum absolute atomic E-state index is 4.34. The fourth-order valence-corrected chi connectivity index (χ4v) is 1.65. The van der Waals surface area contributed by atoms with E-state index in [2.05, 4.69) is 29.1 Å². The van der Waals surface area contributed by atoms with Crippen LogP contribution in [0.15, 0.2) is 12.3 Å². The van der Waals surface area contributed by atoms with Crippen molar-refractivity contribution in [3.8, 4) is 0 Å². The van der Waals surface area contributed by atoms with Crippen LogP contribution >= 0.6 is 0 Å². The number of hydrogen-bond acceptors (Lipinski definition) is 3. The molecule has 3 heteroatoms. The van der Waals surface area contributed by atoms with Gasteiger partial charge in [0, 0.05) is 12.7 Å². The predicted octanol–water partition coefficient (Wildman–Crippen LogP) is 2.31. The number of aromatic nitrogens is 2. The molecule has 1 unspecified atom stereocenters. The van der Waals surface area contributed by atoms with Gasteiger partial charge in [0.1, 0.15) is 5.82 Å². The van der Waals surface area contributed by atoms with Crippen LogP contribution in [0.3, 0.4) is 0 Å². The van der Waals surface area contributed by atoms with Gasteiger partial charge < -0.3 is 5.32 Å². The van der Waals surface area contributed by atoms with Gasteiger partial charge in [-0.25, -0.2) is 9.97 Å². The molecule has 0 saturated heterocycles. The molecule has 0 fully saturated rings. The number of aryl methyl sites for hydroxylation is 1. The van der Waals surface area contributed by atoms with Crippen molar-refractivity contribution in [2.45, 2.75) is 40.2 Å². The first-order valence-electron chi connectivity index (χ1n) is 5.71. The van der Waals surface area contributed by atoms with Gasteiger partial charge in [-0.3, -0.25) is 0 Å². The Morgan fingerprint density at radius 1 is 1.47 bits per heavy atom. The number of rotatable bonds is 6. The van der Waals surface area contributed by atoms with E-state index < -0.39 is 0 Å². The van der Waals surface area contributed by atoms with Gasteiger partial charge >= 0.3 is 0 Å². The summed E-state index contributed by atoms with van der Waals surface area (Å²) in [6, 6.07) is 1.96. The highest BCUT2D eigenvalue weighted by atomic mass is 14.9. The Bertz CT molecular complexity index is 286. The van der Waals surface area contributed by atoms with Crippen molar-refractivity contribution in [2.75, 3.05) is 6.54 Å². The summed E-state index contributed by atoms with van der Waals surface area (Å²) in [4.78, 5) is 8.42. The first-order chi connectivity index (χ1) is 7.22. The lowest BCUT2D eigenvalue weighted by atomic mass is 10.1. The Labute approximate surface area is 92.3 Å². The number of nitrogens with one attached hydrogen (secondary N) is 1. The van der Waals surface area contributed by atoms with Crippen LogP contribution in [0.5, 0.6) is 0 Å². The van der Waals surface area contributed by atoms with Crippen LogP contribution in [0.4, 0.5) is 0 Å². The van der Waals surface area contributed by atoms with Crippen molar-refractivity contribution in [1.82, 2.24) is 15.3 Å². The van der Waals surface area contributed by atoms with E-state index in [0.29, 0.717) is 0 Å². The molecule has 15 heavy (non-hydrogen) atoms. The average molecular weight is 207 g/mol. The molecule has 0 spiro atoms. The Kier molecular flexibility index (Phi) is 5.26. The Balaban J connectivity index is 2.25. The monoisotopic (exact) mass is 207 g/mol. The molecule has 1 rings (SSSR count). The van der Waals surface area contributed by atoms with E-state index in [0.717, 1.165) is 30.5 Å². The Morgan fingerprint density at radius 3 is 2.93 bits per heavy atom. The zero-order chi connectivity index (χ0) is 11.1. The summed E-state index contributed by atoms with van der Waals surface area (Å²) in [5.74, 6) is 1.59. The van der Waals surface area contributed by atoms with E-state index >= 15 is 0 Å². The maximum Gasteiger partial charge on any atom is 0.125 e. The van der Waals surface area contributed by atoms with Crippen LogP contribution in [0.25, 0.3) is 0 Å². The van der Waals surface area contributed by atoms with Crippen LogP contribution in [0.1, 0.15) is 38.2 Å².